The van der Waals surface area contributed by atoms with Gasteiger partial charge in [-0.15, -0.1) is 0 Å². The molecule has 0 aromatic carbocycles. The summed E-state index contributed by atoms with van der Waals surface area (Å²) in [5.41, 5.74) is 0.422. The van der Waals surface area contributed by atoms with Crippen LogP contribution in [0.3, 0.4) is 0 Å². The molecule has 2 heteroatoms. The van der Waals surface area contributed by atoms with Crippen LogP contribution in [-0.2, 0) is 4.74 Å². The third kappa shape index (κ3) is 3.74. The maximum atomic E-state index is 5.65. The van der Waals surface area contributed by atoms with Crippen LogP contribution in [0.4, 0.5) is 0 Å². The van der Waals surface area contributed by atoms with Gasteiger partial charge in [0.05, 0.1) is 6.26 Å². The van der Waals surface area contributed by atoms with E-state index in [0.717, 1.165) is 18.9 Å². The fourth-order valence-corrected chi connectivity index (χ4v) is 3.43. The van der Waals surface area contributed by atoms with Gasteiger partial charge in [0.15, 0.2) is 0 Å². The van der Waals surface area contributed by atoms with Crippen molar-refractivity contribution in [1.82, 2.24) is 5.32 Å². The van der Waals surface area contributed by atoms with E-state index in [1.54, 1.807) is 0 Å². The van der Waals surface area contributed by atoms with Gasteiger partial charge in [-0.25, -0.2) is 0 Å². The van der Waals surface area contributed by atoms with E-state index >= 15 is 0 Å². The highest BCUT2D eigenvalue weighted by molar-refractivity contribution is 4.90. The summed E-state index contributed by atoms with van der Waals surface area (Å²) in [6.45, 7) is 8.17. The minimum absolute atomic E-state index is 0.387. The lowest BCUT2D eigenvalue weighted by atomic mass is 9.69. The highest BCUT2D eigenvalue weighted by Crippen LogP contribution is 2.38. The Morgan fingerprint density at radius 2 is 1.94 bits per heavy atom. The molecule has 0 radical (unpaired) electrons. The van der Waals surface area contributed by atoms with Crippen molar-refractivity contribution in [2.75, 3.05) is 6.54 Å². The lowest BCUT2D eigenvalue weighted by Crippen LogP contribution is -2.46. The Labute approximate surface area is 112 Å². The molecule has 0 spiro atoms. The molecule has 1 aliphatic carbocycles. The number of nitrogens with one attached hydrogen (secondary N) is 1. The molecule has 3 unspecified atom stereocenters. The minimum atomic E-state index is 0.387. The molecule has 1 heterocycles. The van der Waals surface area contributed by atoms with Crippen LogP contribution < -0.4 is 5.32 Å². The van der Waals surface area contributed by atoms with Crippen molar-refractivity contribution < 1.29 is 4.74 Å². The van der Waals surface area contributed by atoms with E-state index in [1.807, 2.05) is 6.26 Å². The first-order valence-corrected chi connectivity index (χ1v) is 7.61. The molecule has 104 valence electrons. The summed E-state index contributed by atoms with van der Waals surface area (Å²) < 4.78 is 5.65. The lowest BCUT2D eigenvalue weighted by molar-refractivity contribution is 0.0912. The van der Waals surface area contributed by atoms with Crippen molar-refractivity contribution in [3.05, 3.63) is 12.3 Å². The molecule has 18 heavy (non-hydrogen) atoms. The van der Waals surface area contributed by atoms with Gasteiger partial charge >= 0.3 is 0 Å². The number of allylic oxidation sites excluding steroid dienone is 1. The lowest BCUT2D eigenvalue weighted by Gasteiger charge is -2.41. The first-order chi connectivity index (χ1) is 8.57. The number of hydrogen-bond acceptors (Lipinski definition) is 2. The zero-order chi connectivity index (χ0) is 13.0. The highest BCUT2D eigenvalue weighted by Gasteiger charge is 2.34. The average Bonchev–Trinajstić information content (AvgIpc) is 2.37. The van der Waals surface area contributed by atoms with Crippen molar-refractivity contribution in [3.8, 4) is 0 Å². The Morgan fingerprint density at radius 1 is 1.17 bits per heavy atom. The number of ether oxygens (including phenoxy) is 1. The van der Waals surface area contributed by atoms with Gasteiger partial charge in [0.2, 0.25) is 0 Å². The molecule has 3 atom stereocenters. The first kappa shape index (κ1) is 13.9. The molecule has 0 saturated heterocycles. The predicted octanol–water partition coefficient (Wildman–Crippen LogP) is 3.87. The summed E-state index contributed by atoms with van der Waals surface area (Å²) in [5.74, 6) is 0.811. The Morgan fingerprint density at radius 3 is 2.61 bits per heavy atom. The van der Waals surface area contributed by atoms with Gasteiger partial charge in [0.1, 0.15) is 6.10 Å². The van der Waals surface area contributed by atoms with E-state index in [9.17, 15) is 0 Å². The van der Waals surface area contributed by atoms with Crippen LogP contribution in [0.1, 0.15) is 59.3 Å². The summed E-state index contributed by atoms with van der Waals surface area (Å²) in [4.78, 5) is 0. The third-order valence-electron chi connectivity index (χ3n) is 4.51. The molecule has 1 aliphatic heterocycles. The molecule has 2 aliphatic rings. The molecule has 2 rings (SSSR count). The maximum absolute atomic E-state index is 5.65. The van der Waals surface area contributed by atoms with Gasteiger partial charge in [0.25, 0.3) is 0 Å². The van der Waals surface area contributed by atoms with Gasteiger partial charge in [-0.3, -0.25) is 0 Å². The minimum Gasteiger partial charge on any atom is -0.497 e. The van der Waals surface area contributed by atoms with Crippen molar-refractivity contribution in [2.45, 2.75) is 71.4 Å². The summed E-state index contributed by atoms with van der Waals surface area (Å²) in [7, 11) is 0. The van der Waals surface area contributed by atoms with E-state index in [-0.39, 0.29) is 0 Å². The van der Waals surface area contributed by atoms with Gasteiger partial charge in [-0.1, -0.05) is 33.6 Å². The average molecular weight is 251 g/mol. The van der Waals surface area contributed by atoms with Crippen molar-refractivity contribution in [2.24, 2.45) is 11.3 Å². The van der Waals surface area contributed by atoms with Crippen molar-refractivity contribution in [1.29, 1.82) is 0 Å². The summed E-state index contributed by atoms with van der Waals surface area (Å²) in [6, 6.07) is 0.688. The molecular weight excluding hydrogens is 222 g/mol. The standard InChI is InChI=1S/C16H29NO/c1-16(2,3)14-9-4-5-10-15(14)17-12-13-8-6-7-11-18-13/h7,11,13-15,17H,4-6,8-10,12H2,1-3H3. The number of hydrogen-bond donors (Lipinski definition) is 1. The topological polar surface area (TPSA) is 21.3 Å². The summed E-state index contributed by atoms with van der Waals surface area (Å²) in [6.07, 6.45) is 12.2. The van der Waals surface area contributed by atoms with Crippen molar-refractivity contribution >= 4 is 0 Å². The van der Waals surface area contributed by atoms with E-state index in [2.05, 4.69) is 32.2 Å². The first-order valence-electron chi connectivity index (χ1n) is 7.61. The smallest absolute Gasteiger partial charge is 0.110 e. The largest absolute Gasteiger partial charge is 0.497 e. The maximum Gasteiger partial charge on any atom is 0.110 e. The molecule has 1 fully saturated rings. The molecule has 0 aromatic rings. The quantitative estimate of drug-likeness (QED) is 0.822. The van der Waals surface area contributed by atoms with Crippen LogP contribution in [0.5, 0.6) is 0 Å². The van der Waals surface area contributed by atoms with Crippen LogP contribution in [0.15, 0.2) is 12.3 Å². The second-order valence-electron chi connectivity index (χ2n) is 6.98. The van der Waals surface area contributed by atoms with E-state index in [4.69, 9.17) is 4.74 Å². The van der Waals surface area contributed by atoms with Crippen LogP contribution in [0.2, 0.25) is 0 Å². The predicted molar refractivity (Wildman–Crippen MR) is 76.5 cm³/mol. The van der Waals surface area contributed by atoms with Crippen LogP contribution >= 0.6 is 0 Å². The molecular formula is C16H29NO. The van der Waals surface area contributed by atoms with E-state index < -0.39 is 0 Å². The second kappa shape index (κ2) is 6.10. The zero-order valence-corrected chi connectivity index (χ0v) is 12.2. The Hall–Kier alpha value is -0.500. The molecule has 0 aromatic heterocycles. The second-order valence-corrected chi connectivity index (χ2v) is 6.98. The normalized spacial score (nSPS) is 33.2. The Kier molecular flexibility index (Phi) is 4.71. The van der Waals surface area contributed by atoms with Crippen LogP contribution in [0.25, 0.3) is 0 Å². The van der Waals surface area contributed by atoms with Gasteiger partial charge in [-0.05, 0) is 43.1 Å². The SMILES string of the molecule is CC(C)(C)C1CCCCC1NCC1CCC=CO1. The van der Waals surface area contributed by atoms with E-state index in [0.29, 0.717) is 17.6 Å². The van der Waals surface area contributed by atoms with Gasteiger partial charge in [-0.2, -0.15) is 0 Å². The number of rotatable bonds is 3. The fraction of sp³-hybridized carbons (Fsp3) is 0.875. The van der Waals surface area contributed by atoms with Crippen LogP contribution in [0, 0.1) is 11.3 Å². The van der Waals surface area contributed by atoms with Gasteiger partial charge < -0.3 is 10.1 Å². The Balaban J connectivity index is 1.83. The monoisotopic (exact) mass is 251 g/mol. The summed E-state index contributed by atoms with van der Waals surface area (Å²) >= 11 is 0. The molecule has 1 saturated carbocycles. The molecule has 0 amide bonds. The third-order valence-corrected chi connectivity index (χ3v) is 4.51. The van der Waals surface area contributed by atoms with Crippen LogP contribution in [-0.4, -0.2) is 18.7 Å². The highest BCUT2D eigenvalue weighted by atomic mass is 16.5. The fourth-order valence-electron chi connectivity index (χ4n) is 3.43. The Bertz CT molecular complexity index is 279. The molecule has 2 nitrogen and oxygen atoms in total. The van der Waals surface area contributed by atoms with Crippen molar-refractivity contribution in [3.63, 3.8) is 0 Å². The van der Waals surface area contributed by atoms with E-state index in [1.165, 1.54) is 32.1 Å². The molecule has 1 N–H and O–H groups in total. The summed E-state index contributed by atoms with van der Waals surface area (Å²) in [5, 5.41) is 3.79. The van der Waals surface area contributed by atoms with Gasteiger partial charge in [0, 0.05) is 12.6 Å². The molecule has 0 bridgehead atoms. The zero-order valence-electron chi connectivity index (χ0n) is 12.2.